The molecular weight excluding hydrogens is 286 g/mol. The van der Waals surface area contributed by atoms with E-state index in [1.807, 2.05) is 6.92 Å². The van der Waals surface area contributed by atoms with Gasteiger partial charge in [0, 0.05) is 13.2 Å². The van der Waals surface area contributed by atoms with E-state index in [0.29, 0.717) is 6.61 Å². The van der Waals surface area contributed by atoms with Crippen molar-refractivity contribution in [3.8, 4) is 0 Å². The lowest BCUT2D eigenvalue weighted by atomic mass is 10.4. The zero-order chi connectivity index (χ0) is 15.2. The first-order valence-corrected chi connectivity index (χ1v) is 7.74. The third-order valence-electron chi connectivity index (χ3n) is 2.54. The molecule has 0 atom stereocenters. The number of carboxylic acids is 1. The van der Waals surface area contributed by atoms with Crippen molar-refractivity contribution in [1.82, 2.24) is 14.9 Å². The number of nitrogens with one attached hydrogen (secondary N) is 2. The second kappa shape index (κ2) is 7.36. The lowest BCUT2D eigenvalue weighted by Crippen LogP contribution is -2.29. The molecule has 20 heavy (non-hydrogen) atoms. The third kappa shape index (κ3) is 4.29. The van der Waals surface area contributed by atoms with E-state index in [1.54, 1.807) is 0 Å². The number of carbonyl (C=O) groups is 1. The number of sulfonamides is 1. The van der Waals surface area contributed by atoms with Gasteiger partial charge < -0.3 is 9.84 Å². The van der Waals surface area contributed by atoms with E-state index in [2.05, 4.69) is 14.9 Å². The Labute approximate surface area is 117 Å². The number of rotatable bonds is 9. The van der Waals surface area contributed by atoms with Gasteiger partial charge in [-0.25, -0.2) is 17.9 Å². The Kier molecular flexibility index (Phi) is 6.11. The Hall–Kier alpha value is -1.45. The molecule has 0 fully saturated rings. The van der Waals surface area contributed by atoms with Gasteiger partial charge >= 0.3 is 5.97 Å². The summed E-state index contributed by atoms with van der Waals surface area (Å²) in [6, 6.07) is 0. The van der Waals surface area contributed by atoms with Gasteiger partial charge in [-0.15, -0.1) is 0 Å². The Morgan fingerprint density at radius 3 is 2.75 bits per heavy atom. The van der Waals surface area contributed by atoms with Crippen LogP contribution in [0.25, 0.3) is 0 Å². The van der Waals surface area contributed by atoms with Gasteiger partial charge in [0.2, 0.25) is 10.0 Å². The molecular formula is C11H19N3O5S. The number of aromatic carboxylic acids is 1. The zero-order valence-corrected chi connectivity index (χ0v) is 12.3. The Morgan fingerprint density at radius 2 is 2.15 bits per heavy atom. The summed E-state index contributed by atoms with van der Waals surface area (Å²) in [6.07, 6.45) is 1.92. The smallest absolute Gasteiger partial charge is 0.357 e. The number of hydrogen-bond donors (Lipinski definition) is 3. The first-order chi connectivity index (χ1) is 9.40. The van der Waals surface area contributed by atoms with Crippen molar-refractivity contribution in [3.05, 3.63) is 11.4 Å². The summed E-state index contributed by atoms with van der Waals surface area (Å²) < 4.78 is 31.6. The summed E-state index contributed by atoms with van der Waals surface area (Å²) in [5, 5.41) is 14.7. The Bertz CT molecular complexity index is 552. The van der Waals surface area contributed by atoms with Gasteiger partial charge in [0.05, 0.1) is 12.3 Å². The van der Waals surface area contributed by atoms with E-state index in [9.17, 15) is 13.2 Å². The first-order valence-electron chi connectivity index (χ1n) is 6.25. The predicted octanol–water partition coefficient (Wildman–Crippen LogP) is 0.511. The largest absolute Gasteiger partial charge is 0.476 e. The molecule has 1 rings (SSSR count). The number of aryl methyl sites for hydroxylation is 1. The van der Waals surface area contributed by atoms with Crippen LogP contribution in [0, 0.1) is 6.92 Å². The van der Waals surface area contributed by atoms with E-state index in [4.69, 9.17) is 9.84 Å². The van der Waals surface area contributed by atoms with Crippen LogP contribution in [0.4, 0.5) is 0 Å². The molecule has 0 saturated carbocycles. The van der Waals surface area contributed by atoms with Gasteiger partial charge in [-0.1, -0.05) is 13.3 Å². The van der Waals surface area contributed by atoms with Gasteiger partial charge in [-0.2, -0.15) is 5.10 Å². The molecule has 0 saturated heterocycles. The van der Waals surface area contributed by atoms with Crippen LogP contribution in [0.1, 0.15) is 35.9 Å². The lowest BCUT2D eigenvalue weighted by Gasteiger charge is -2.07. The summed E-state index contributed by atoms with van der Waals surface area (Å²) in [5.74, 6) is -1.39. The monoisotopic (exact) mass is 305 g/mol. The molecule has 0 aliphatic rings. The van der Waals surface area contributed by atoms with Crippen LogP contribution >= 0.6 is 0 Å². The molecule has 114 valence electrons. The summed E-state index contributed by atoms with van der Waals surface area (Å²) in [6.45, 7) is 4.37. The van der Waals surface area contributed by atoms with Crippen molar-refractivity contribution in [2.24, 2.45) is 0 Å². The SMILES string of the molecule is CCCCOCCNS(=O)(=O)c1c(C(=O)O)n[nH]c1C. The predicted molar refractivity (Wildman–Crippen MR) is 71.2 cm³/mol. The molecule has 8 nitrogen and oxygen atoms in total. The molecule has 0 aliphatic heterocycles. The standard InChI is InChI=1S/C11H19N3O5S/c1-3-4-6-19-7-5-12-20(17,18)10-8(2)13-14-9(10)11(15)16/h12H,3-7H2,1-2H3,(H,13,14)(H,15,16). The molecule has 1 aromatic rings. The highest BCUT2D eigenvalue weighted by Gasteiger charge is 2.27. The molecule has 3 N–H and O–H groups in total. The van der Waals surface area contributed by atoms with Gasteiger partial charge in [0.1, 0.15) is 4.90 Å². The fraction of sp³-hybridized carbons (Fsp3) is 0.636. The van der Waals surface area contributed by atoms with Crippen LogP contribution in [0.5, 0.6) is 0 Å². The molecule has 1 aromatic heterocycles. The number of aromatic amines is 1. The Balaban J connectivity index is 2.65. The van der Waals surface area contributed by atoms with E-state index in [0.717, 1.165) is 12.8 Å². The topological polar surface area (TPSA) is 121 Å². The van der Waals surface area contributed by atoms with Gasteiger partial charge in [-0.05, 0) is 13.3 Å². The van der Waals surface area contributed by atoms with Crippen molar-refractivity contribution < 1.29 is 23.1 Å². The summed E-state index contributed by atoms with van der Waals surface area (Å²) in [4.78, 5) is 10.6. The minimum atomic E-state index is -3.92. The molecule has 0 bridgehead atoms. The normalized spacial score (nSPS) is 11.7. The van der Waals surface area contributed by atoms with Crippen LogP contribution in [-0.2, 0) is 14.8 Å². The average molecular weight is 305 g/mol. The van der Waals surface area contributed by atoms with Gasteiger partial charge in [0.25, 0.3) is 0 Å². The van der Waals surface area contributed by atoms with Gasteiger partial charge in [0.15, 0.2) is 5.69 Å². The summed E-state index contributed by atoms with van der Waals surface area (Å²) in [5.41, 5.74) is -0.330. The second-order valence-corrected chi connectivity index (χ2v) is 5.90. The van der Waals surface area contributed by atoms with Crippen LogP contribution in [0.15, 0.2) is 4.90 Å². The highest BCUT2D eigenvalue weighted by Crippen LogP contribution is 2.17. The van der Waals surface area contributed by atoms with Crippen molar-refractivity contribution in [2.75, 3.05) is 19.8 Å². The number of ether oxygens (including phenoxy) is 1. The van der Waals surface area contributed by atoms with E-state index in [1.165, 1.54) is 6.92 Å². The maximum atomic E-state index is 12.0. The third-order valence-corrected chi connectivity index (χ3v) is 4.16. The highest BCUT2D eigenvalue weighted by atomic mass is 32.2. The van der Waals surface area contributed by atoms with Crippen LogP contribution < -0.4 is 4.72 Å². The van der Waals surface area contributed by atoms with E-state index < -0.39 is 21.7 Å². The average Bonchev–Trinajstić information content (AvgIpc) is 2.76. The highest BCUT2D eigenvalue weighted by molar-refractivity contribution is 7.89. The fourth-order valence-electron chi connectivity index (χ4n) is 1.56. The number of aromatic nitrogens is 2. The van der Waals surface area contributed by atoms with Crippen molar-refractivity contribution >= 4 is 16.0 Å². The molecule has 0 radical (unpaired) electrons. The fourth-order valence-corrected chi connectivity index (χ4v) is 2.89. The summed E-state index contributed by atoms with van der Waals surface area (Å²) >= 11 is 0. The van der Waals surface area contributed by atoms with Crippen LogP contribution in [0.2, 0.25) is 0 Å². The van der Waals surface area contributed by atoms with Crippen LogP contribution in [-0.4, -0.2) is 49.4 Å². The molecule has 0 unspecified atom stereocenters. The summed E-state index contributed by atoms with van der Waals surface area (Å²) in [7, 11) is -3.92. The quantitative estimate of drug-likeness (QED) is 0.572. The Morgan fingerprint density at radius 1 is 1.45 bits per heavy atom. The van der Waals surface area contributed by atoms with E-state index >= 15 is 0 Å². The maximum Gasteiger partial charge on any atom is 0.357 e. The van der Waals surface area contributed by atoms with Gasteiger partial charge in [-0.3, -0.25) is 5.10 Å². The number of H-pyrrole nitrogens is 1. The minimum absolute atomic E-state index is 0.0791. The zero-order valence-electron chi connectivity index (χ0n) is 11.5. The van der Waals surface area contributed by atoms with Crippen molar-refractivity contribution in [1.29, 1.82) is 0 Å². The van der Waals surface area contributed by atoms with Crippen LogP contribution in [0.3, 0.4) is 0 Å². The number of hydrogen-bond acceptors (Lipinski definition) is 5. The minimum Gasteiger partial charge on any atom is -0.476 e. The second-order valence-electron chi connectivity index (χ2n) is 4.20. The van der Waals surface area contributed by atoms with Crippen molar-refractivity contribution in [3.63, 3.8) is 0 Å². The number of nitrogens with zero attached hydrogens (tertiary/aromatic N) is 1. The molecule has 0 amide bonds. The molecule has 0 aliphatic carbocycles. The number of carboxylic acid groups (broad SMARTS) is 1. The number of unbranched alkanes of at least 4 members (excludes halogenated alkanes) is 1. The van der Waals surface area contributed by atoms with Crippen molar-refractivity contribution in [2.45, 2.75) is 31.6 Å². The van der Waals surface area contributed by atoms with E-state index in [-0.39, 0.29) is 23.7 Å². The maximum absolute atomic E-state index is 12.0. The lowest BCUT2D eigenvalue weighted by molar-refractivity contribution is 0.0686. The first kappa shape index (κ1) is 16.6. The molecule has 0 aromatic carbocycles. The molecule has 1 heterocycles. The molecule has 9 heteroatoms. The molecule has 0 spiro atoms.